The molecule has 0 aromatic heterocycles. The van der Waals surface area contributed by atoms with Gasteiger partial charge < -0.3 is 9.53 Å². The summed E-state index contributed by atoms with van der Waals surface area (Å²) in [6.07, 6.45) is 6.01. The standard InChI is InChI=1S/C36H58O2Si/c1-29(25-35(4,5)6)21-22-32(30(2)26-36(7,8)9)27-38-23-16-24-39(28-31(3)37,33-17-12-10-13-18-33)34-19-14-11-15-20-34/h10-15,17-20,29-30,32H,16,21-28H2,1-9H3. The van der Waals surface area contributed by atoms with E-state index in [9.17, 15) is 4.79 Å². The van der Waals surface area contributed by atoms with Crippen LogP contribution in [0.1, 0.15) is 94.4 Å². The second-order valence-corrected chi connectivity index (χ2v) is 19.0. The normalized spacial score (nSPS) is 15.1. The first-order chi connectivity index (χ1) is 18.2. The van der Waals surface area contributed by atoms with Gasteiger partial charge in [-0.3, -0.25) is 0 Å². The summed E-state index contributed by atoms with van der Waals surface area (Å²) in [7, 11) is -2.22. The molecule has 2 aromatic rings. The van der Waals surface area contributed by atoms with Crippen LogP contribution < -0.4 is 10.4 Å². The van der Waals surface area contributed by atoms with Crippen molar-refractivity contribution in [3.8, 4) is 0 Å². The Morgan fingerprint density at radius 2 is 1.31 bits per heavy atom. The number of ether oxygens (including phenoxy) is 1. The highest BCUT2D eigenvalue weighted by atomic mass is 28.3. The van der Waals surface area contributed by atoms with Crippen molar-refractivity contribution in [2.24, 2.45) is 28.6 Å². The second kappa shape index (κ2) is 15.3. The van der Waals surface area contributed by atoms with Crippen molar-refractivity contribution in [3.05, 3.63) is 60.7 Å². The van der Waals surface area contributed by atoms with Gasteiger partial charge in [-0.1, -0.05) is 133 Å². The molecule has 0 amide bonds. The third-order valence-electron chi connectivity index (χ3n) is 8.16. The Morgan fingerprint density at radius 3 is 1.77 bits per heavy atom. The molecule has 0 spiro atoms. The van der Waals surface area contributed by atoms with Gasteiger partial charge in [0.1, 0.15) is 13.9 Å². The van der Waals surface area contributed by atoms with Crippen LogP contribution in [0.2, 0.25) is 12.1 Å². The highest BCUT2D eigenvalue weighted by Gasteiger charge is 2.37. The van der Waals surface area contributed by atoms with Gasteiger partial charge in [0.2, 0.25) is 0 Å². The second-order valence-electron chi connectivity index (χ2n) is 14.8. The lowest BCUT2D eigenvalue weighted by Crippen LogP contribution is -2.59. The Bertz CT molecular complexity index is 916. The maximum Gasteiger partial charge on any atom is 0.127 e. The lowest BCUT2D eigenvalue weighted by Gasteiger charge is -2.33. The Balaban J connectivity index is 2.09. The van der Waals surface area contributed by atoms with Crippen molar-refractivity contribution in [1.82, 2.24) is 0 Å². The van der Waals surface area contributed by atoms with Gasteiger partial charge in [-0.15, -0.1) is 0 Å². The van der Waals surface area contributed by atoms with Crippen LogP contribution in [0.5, 0.6) is 0 Å². The molecule has 3 unspecified atom stereocenters. The minimum absolute atomic E-state index is 0.288. The van der Waals surface area contributed by atoms with E-state index in [0.29, 0.717) is 28.7 Å². The van der Waals surface area contributed by atoms with E-state index in [1.807, 2.05) is 0 Å². The number of carbonyl (C=O) groups excluding carboxylic acids is 1. The van der Waals surface area contributed by atoms with Crippen molar-refractivity contribution >= 4 is 24.2 Å². The SMILES string of the molecule is CC(=O)C[Si](CCCOCC(CCC(C)CC(C)(C)C)C(C)CC(C)(C)C)(c1ccccc1)c1ccccc1. The number of benzene rings is 2. The summed E-state index contributed by atoms with van der Waals surface area (Å²) in [4.78, 5) is 12.6. The first-order valence-corrected chi connectivity index (χ1v) is 17.8. The maximum atomic E-state index is 12.6. The van der Waals surface area contributed by atoms with Crippen LogP contribution in [0.15, 0.2) is 60.7 Å². The number of hydrogen-bond donors (Lipinski definition) is 0. The predicted molar refractivity (Wildman–Crippen MR) is 173 cm³/mol. The highest BCUT2D eigenvalue weighted by Crippen LogP contribution is 2.34. The summed E-state index contributed by atoms with van der Waals surface area (Å²) in [5, 5.41) is 2.71. The molecule has 218 valence electrons. The summed E-state index contributed by atoms with van der Waals surface area (Å²) < 4.78 is 6.47. The van der Waals surface area contributed by atoms with Gasteiger partial charge in [-0.25, -0.2) is 0 Å². The molecule has 0 N–H and O–H groups in total. The molecule has 0 aliphatic rings. The number of Topliss-reactive ketones (excluding diaryl/α,β-unsaturated/α-hetero) is 1. The van der Waals surface area contributed by atoms with Gasteiger partial charge in [0.05, 0.1) is 0 Å². The zero-order valence-electron chi connectivity index (χ0n) is 26.7. The summed E-state index contributed by atoms with van der Waals surface area (Å²) in [5.41, 5.74) is 0.716. The lowest BCUT2D eigenvalue weighted by molar-refractivity contribution is -0.115. The molecule has 0 heterocycles. The van der Waals surface area contributed by atoms with E-state index in [0.717, 1.165) is 31.6 Å². The number of hydrogen-bond acceptors (Lipinski definition) is 2. The van der Waals surface area contributed by atoms with Crippen molar-refractivity contribution in [3.63, 3.8) is 0 Å². The first kappa shape index (κ1) is 33.5. The number of ketones is 1. The minimum atomic E-state index is -2.22. The Labute approximate surface area is 242 Å². The van der Waals surface area contributed by atoms with E-state index >= 15 is 0 Å². The first-order valence-electron chi connectivity index (χ1n) is 15.4. The van der Waals surface area contributed by atoms with Gasteiger partial charge in [0, 0.05) is 19.3 Å². The summed E-state index contributed by atoms with van der Waals surface area (Å²) in [6, 6.07) is 23.3. The van der Waals surface area contributed by atoms with Crippen molar-refractivity contribution in [2.45, 2.75) is 107 Å². The molecule has 0 saturated heterocycles. The minimum Gasteiger partial charge on any atom is -0.381 e. The molecule has 2 aromatic carbocycles. The van der Waals surface area contributed by atoms with Crippen LogP contribution in [0.4, 0.5) is 0 Å². The molecule has 0 bridgehead atoms. The fourth-order valence-electron chi connectivity index (χ4n) is 6.71. The van der Waals surface area contributed by atoms with E-state index in [1.165, 1.54) is 36.1 Å². The third-order valence-corrected chi connectivity index (χ3v) is 13.3. The van der Waals surface area contributed by atoms with E-state index in [2.05, 4.69) is 116 Å². The highest BCUT2D eigenvalue weighted by molar-refractivity contribution is 7.03. The van der Waals surface area contributed by atoms with Gasteiger partial charge >= 0.3 is 0 Å². The average molecular weight is 551 g/mol. The van der Waals surface area contributed by atoms with Gasteiger partial charge in [-0.05, 0) is 67.2 Å². The largest absolute Gasteiger partial charge is 0.381 e. The number of carbonyl (C=O) groups is 1. The molecule has 0 saturated carbocycles. The fourth-order valence-corrected chi connectivity index (χ4v) is 11.5. The maximum absolute atomic E-state index is 12.6. The topological polar surface area (TPSA) is 26.3 Å². The van der Waals surface area contributed by atoms with Gasteiger partial charge in [0.15, 0.2) is 0 Å². The number of rotatable bonds is 16. The van der Waals surface area contributed by atoms with Crippen molar-refractivity contribution in [1.29, 1.82) is 0 Å². The van der Waals surface area contributed by atoms with Crippen LogP contribution in [0, 0.1) is 28.6 Å². The van der Waals surface area contributed by atoms with Crippen LogP contribution in [-0.4, -0.2) is 27.1 Å². The average Bonchev–Trinajstić information content (AvgIpc) is 2.83. The zero-order valence-corrected chi connectivity index (χ0v) is 27.7. The van der Waals surface area contributed by atoms with Crippen molar-refractivity contribution < 1.29 is 9.53 Å². The van der Waals surface area contributed by atoms with Crippen molar-refractivity contribution in [2.75, 3.05) is 13.2 Å². The van der Waals surface area contributed by atoms with Crippen LogP contribution in [0.25, 0.3) is 0 Å². The monoisotopic (exact) mass is 550 g/mol. The molecule has 39 heavy (non-hydrogen) atoms. The molecule has 0 fully saturated rings. The zero-order chi connectivity index (χ0) is 29.1. The van der Waals surface area contributed by atoms with Crippen LogP contribution in [-0.2, 0) is 9.53 Å². The quantitative estimate of drug-likeness (QED) is 0.154. The lowest BCUT2D eigenvalue weighted by atomic mass is 9.76. The Kier molecular flexibility index (Phi) is 13.2. The predicted octanol–water partition coefficient (Wildman–Crippen LogP) is 8.79. The molecule has 0 radical (unpaired) electrons. The van der Waals surface area contributed by atoms with Crippen LogP contribution >= 0.6 is 0 Å². The molecule has 2 rings (SSSR count). The molecule has 3 atom stereocenters. The molecular weight excluding hydrogens is 492 g/mol. The van der Waals surface area contributed by atoms with Gasteiger partial charge in [-0.2, -0.15) is 0 Å². The Morgan fingerprint density at radius 1 is 0.795 bits per heavy atom. The third kappa shape index (κ3) is 12.1. The van der Waals surface area contributed by atoms with E-state index in [4.69, 9.17) is 4.74 Å². The Hall–Kier alpha value is -1.71. The fraction of sp³-hybridized carbons (Fsp3) is 0.639. The molecule has 2 nitrogen and oxygen atoms in total. The molecule has 0 aliphatic heterocycles. The molecule has 0 aliphatic carbocycles. The summed E-state index contributed by atoms with van der Waals surface area (Å²) in [6.45, 7) is 22.4. The van der Waals surface area contributed by atoms with E-state index < -0.39 is 8.07 Å². The molecule has 3 heteroatoms. The summed E-state index contributed by atoms with van der Waals surface area (Å²) >= 11 is 0. The summed E-state index contributed by atoms with van der Waals surface area (Å²) in [5.74, 6) is 2.26. The van der Waals surface area contributed by atoms with Gasteiger partial charge in [0.25, 0.3) is 0 Å². The van der Waals surface area contributed by atoms with Crippen LogP contribution in [0.3, 0.4) is 0 Å². The van der Waals surface area contributed by atoms with E-state index in [1.54, 1.807) is 6.92 Å². The molecular formula is C36H58O2Si. The van der Waals surface area contributed by atoms with E-state index in [-0.39, 0.29) is 5.78 Å². The smallest absolute Gasteiger partial charge is 0.127 e.